The van der Waals surface area contributed by atoms with Gasteiger partial charge in [0.05, 0.1) is 11.0 Å². The topological polar surface area (TPSA) is 66.8 Å². The van der Waals surface area contributed by atoms with Gasteiger partial charge in [-0.05, 0) is 43.9 Å². The first-order valence-corrected chi connectivity index (χ1v) is 9.39. The second kappa shape index (κ2) is 7.32. The first kappa shape index (κ1) is 16.8. The van der Waals surface area contributed by atoms with E-state index in [-0.39, 0.29) is 5.91 Å². The number of aryl methyl sites for hydroxylation is 2. The van der Waals surface area contributed by atoms with Crippen LogP contribution in [0.2, 0.25) is 0 Å². The number of rotatable bonds is 5. The normalized spacial score (nSPS) is 17.7. The average Bonchev–Trinajstić information content (AvgIpc) is 3.25. The zero-order chi connectivity index (χ0) is 17.9. The second-order valence-electron chi connectivity index (χ2n) is 7.20. The van der Waals surface area contributed by atoms with Gasteiger partial charge in [0.1, 0.15) is 5.82 Å². The number of hydrogen-bond acceptors (Lipinski definition) is 3. The van der Waals surface area contributed by atoms with Gasteiger partial charge in [-0.2, -0.15) is 5.10 Å². The molecule has 0 saturated carbocycles. The van der Waals surface area contributed by atoms with Crippen LogP contribution in [-0.4, -0.2) is 43.6 Å². The fourth-order valence-corrected chi connectivity index (χ4v) is 3.83. The van der Waals surface area contributed by atoms with Crippen molar-refractivity contribution in [2.24, 2.45) is 5.92 Å². The molecule has 0 spiro atoms. The smallest absolute Gasteiger partial charge is 0.224 e. The number of benzene rings is 1. The summed E-state index contributed by atoms with van der Waals surface area (Å²) in [5.41, 5.74) is 3.20. The van der Waals surface area contributed by atoms with Crippen molar-refractivity contribution < 1.29 is 4.79 Å². The van der Waals surface area contributed by atoms with Crippen molar-refractivity contribution in [1.82, 2.24) is 24.6 Å². The highest BCUT2D eigenvalue weighted by Crippen LogP contribution is 2.22. The molecule has 3 aromatic rings. The highest BCUT2D eigenvalue weighted by Gasteiger charge is 2.24. The van der Waals surface area contributed by atoms with Crippen molar-refractivity contribution in [3.05, 3.63) is 48.0 Å². The molecule has 6 heteroatoms. The van der Waals surface area contributed by atoms with Gasteiger partial charge in [0.25, 0.3) is 0 Å². The lowest BCUT2D eigenvalue weighted by Gasteiger charge is -2.32. The van der Waals surface area contributed by atoms with Crippen LogP contribution in [0, 0.1) is 12.8 Å². The zero-order valence-corrected chi connectivity index (χ0v) is 15.2. The molecule has 1 aliphatic rings. The van der Waals surface area contributed by atoms with E-state index >= 15 is 0 Å². The van der Waals surface area contributed by atoms with Crippen LogP contribution in [0.15, 0.2) is 36.5 Å². The SMILES string of the molecule is Cc1ccnn1CCC(=O)N1CCCC(Cc2nc3ccccc3[nH]2)C1. The van der Waals surface area contributed by atoms with Crippen molar-refractivity contribution in [2.45, 2.75) is 39.2 Å². The van der Waals surface area contributed by atoms with Crippen molar-refractivity contribution in [1.29, 1.82) is 0 Å². The molecular weight excluding hydrogens is 326 g/mol. The molecular formula is C20H25N5O. The Morgan fingerprint density at radius 1 is 1.31 bits per heavy atom. The molecule has 1 aliphatic heterocycles. The van der Waals surface area contributed by atoms with E-state index < -0.39 is 0 Å². The summed E-state index contributed by atoms with van der Waals surface area (Å²) in [4.78, 5) is 22.7. The Kier molecular flexibility index (Phi) is 4.73. The number of amides is 1. The van der Waals surface area contributed by atoms with Crippen LogP contribution in [-0.2, 0) is 17.8 Å². The number of carbonyl (C=O) groups is 1. The average molecular weight is 351 g/mol. The van der Waals surface area contributed by atoms with Crippen LogP contribution < -0.4 is 0 Å². The summed E-state index contributed by atoms with van der Waals surface area (Å²) in [5.74, 6) is 1.73. The van der Waals surface area contributed by atoms with Gasteiger partial charge in [0.15, 0.2) is 0 Å². The Morgan fingerprint density at radius 2 is 2.19 bits per heavy atom. The molecule has 0 radical (unpaired) electrons. The van der Waals surface area contributed by atoms with E-state index in [2.05, 4.69) is 21.1 Å². The molecule has 0 aliphatic carbocycles. The molecule has 1 saturated heterocycles. The molecule has 2 aromatic heterocycles. The minimum Gasteiger partial charge on any atom is -0.342 e. The first-order chi connectivity index (χ1) is 12.7. The van der Waals surface area contributed by atoms with Crippen LogP contribution in [0.3, 0.4) is 0 Å². The van der Waals surface area contributed by atoms with Crippen LogP contribution >= 0.6 is 0 Å². The number of piperidine rings is 1. The van der Waals surface area contributed by atoms with Crippen molar-refractivity contribution in [3.8, 4) is 0 Å². The fourth-order valence-electron chi connectivity index (χ4n) is 3.83. The second-order valence-corrected chi connectivity index (χ2v) is 7.20. The number of nitrogens with zero attached hydrogens (tertiary/aromatic N) is 4. The van der Waals surface area contributed by atoms with Crippen LogP contribution in [0.1, 0.15) is 30.8 Å². The van der Waals surface area contributed by atoms with Gasteiger partial charge in [-0.3, -0.25) is 9.48 Å². The Hall–Kier alpha value is -2.63. The third-order valence-electron chi connectivity index (χ3n) is 5.26. The largest absolute Gasteiger partial charge is 0.342 e. The summed E-state index contributed by atoms with van der Waals surface area (Å²) in [6.07, 6.45) is 5.41. The van der Waals surface area contributed by atoms with E-state index in [4.69, 9.17) is 0 Å². The Bertz CT molecular complexity index is 863. The minimum absolute atomic E-state index is 0.231. The molecule has 0 bridgehead atoms. The lowest BCUT2D eigenvalue weighted by atomic mass is 9.94. The number of aromatic amines is 1. The number of nitrogens with one attached hydrogen (secondary N) is 1. The number of H-pyrrole nitrogens is 1. The monoisotopic (exact) mass is 351 g/mol. The summed E-state index contributed by atoms with van der Waals surface area (Å²) in [5, 5.41) is 4.26. The van der Waals surface area contributed by atoms with Crippen LogP contribution in [0.4, 0.5) is 0 Å². The van der Waals surface area contributed by atoms with Gasteiger partial charge < -0.3 is 9.88 Å². The first-order valence-electron chi connectivity index (χ1n) is 9.39. The predicted molar refractivity (Wildman–Crippen MR) is 101 cm³/mol. The molecule has 1 aromatic carbocycles. The number of likely N-dealkylation sites (tertiary alicyclic amines) is 1. The third kappa shape index (κ3) is 3.64. The molecule has 4 rings (SSSR count). The fraction of sp³-hybridized carbons (Fsp3) is 0.450. The van der Waals surface area contributed by atoms with E-state index in [9.17, 15) is 4.79 Å². The highest BCUT2D eigenvalue weighted by molar-refractivity contribution is 5.76. The summed E-state index contributed by atoms with van der Waals surface area (Å²) >= 11 is 0. The van der Waals surface area contributed by atoms with Crippen LogP contribution in [0.25, 0.3) is 11.0 Å². The van der Waals surface area contributed by atoms with Crippen molar-refractivity contribution in [3.63, 3.8) is 0 Å². The molecule has 26 heavy (non-hydrogen) atoms. The van der Waals surface area contributed by atoms with Crippen molar-refractivity contribution >= 4 is 16.9 Å². The van der Waals surface area contributed by atoms with Gasteiger partial charge in [0, 0.05) is 44.4 Å². The van der Waals surface area contributed by atoms with Gasteiger partial charge in [-0.1, -0.05) is 12.1 Å². The number of imidazole rings is 1. The van der Waals surface area contributed by atoms with E-state index in [0.29, 0.717) is 18.9 Å². The van der Waals surface area contributed by atoms with E-state index in [0.717, 1.165) is 54.9 Å². The zero-order valence-electron chi connectivity index (χ0n) is 15.2. The number of aromatic nitrogens is 4. The number of hydrogen-bond donors (Lipinski definition) is 1. The third-order valence-corrected chi connectivity index (χ3v) is 5.26. The number of carbonyl (C=O) groups excluding carboxylic acids is 1. The highest BCUT2D eigenvalue weighted by atomic mass is 16.2. The van der Waals surface area contributed by atoms with Gasteiger partial charge >= 0.3 is 0 Å². The molecule has 1 amide bonds. The van der Waals surface area contributed by atoms with Gasteiger partial charge in [0.2, 0.25) is 5.91 Å². The molecule has 6 nitrogen and oxygen atoms in total. The van der Waals surface area contributed by atoms with E-state index in [1.54, 1.807) is 6.20 Å². The number of para-hydroxylation sites is 2. The van der Waals surface area contributed by atoms with E-state index in [1.165, 1.54) is 0 Å². The maximum atomic E-state index is 12.6. The molecule has 1 atom stereocenters. The maximum absolute atomic E-state index is 12.6. The molecule has 1 unspecified atom stereocenters. The molecule has 3 heterocycles. The summed E-state index contributed by atoms with van der Waals surface area (Å²) < 4.78 is 1.90. The van der Waals surface area contributed by atoms with Crippen LogP contribution in [0.5, 0.6) is 0 Å². The molecule has 1 N–H and O–H groups in total. The lowest BCUT2D eigenvalue weighted by Crippen LogP contribution is -2.41. The Balaban J connectivity index is 1.34. The standard InChI is InChI=1S/C20H25N5O/c1-15-8-10-21-25(15)12-9-20(26)24-11-4-5-16(14-24)13-19-22-17-6-2-3-7-18(17)23-19/h2-3,6-8,10,16H,4-5,9,11-14H2,1H3,(H,22,23). The number of fused-ring (bicyclic) bond motifs is 1. The summed E-state index contributed by atoms with van der Waals surface area (Å²) in [6, 6.07) is 10.1. The van der Waals surface area contributed by atoms with E-state index in [1.807, 2.05) is 40.8 Å². The summed E-state index contributed by atoms with van der Waals surface area (Å²) in [6.45, 7) is 4.37. The minimum atomic E-state index is 0.231. The Labute approximate surface area is 153 Å². The molecule has 1 fully saturated rings. The van der Waals surface area contributed by atoms with Crippen molar-refractivity contribution in [2.75, 3.05) is 13.1 Å². The van der Waals surface area contributed by atoms with Gasteiger partial charge in [-0.25, -0.2) is 4.98 Å². The lowest BCUT2D eigenvalue weighted by molar-refractivity contribution is -0.133. The predicted octanol–water partition coefficient (Wildman–Crippen LogP) is 2.94. The quantitative estimate of drug-likeness (QED) is 0.768. The molecule has 136 valence electrons. The Morgan fingerprint density at radius 3 is 3.00 bits per heavy atom. The van der Waals surface area contributed by atoms with Gasteiger partial charge in [-0.15, -0.1) is 0 Å². The maximum Gasteiger partial charge on any atom is 0.224 e. The summed E-state index contributed by atoms with van der Waals surface area (Å²) in [7, 11) is 0.